The minimum absolute atomic E-state index is 0.165. The average Bonchev–Trinajstić information content (AvgIpc) is 2.81. The first-order chi connectivity index (χ1) is 10.8. The summed E-state index contributed by atoms with van der Waals surface area (Å²) < 4.78 is 5.50. The quantitative estimate of drug-likeness (QED) is 0.834. The van der Waals surface area contributed by atoms with Gasteiger partial charge in [-0.1, -0.05) is 0 Å². The lowest BCUT2D eigenvalue weighted by Gasteiger charge is -2.27. The molecule has 0 bridgehead atoms. The predicted octanol–water partition coefficient (Wildman–Crippen LogP) is 2.90. The highest BCUT2D eigenvalue weighted by Gasteiger charge is 2.26. The minimum Gasteiger partial charge on any atom is -0.444 e. The maximum Gasteiger partial charge on any atom is 0.410 e. The summed E-state index contributed by atoms with van der Waals surface area (Å²) in [6, 6.07) is 1.73. The third-order valence-electron chi connectivity index (χ3n) is 4.70. The summed E-state index contributed by atoms with van der Waals surface area (Å²) in [5.41, 5.74) is -0.413. The molecule has 2 rings (SSSR count). The Morgan fingerprint density at radius 2 is 2.04 bits per heavy atom. The summed E-state index contributed by atoms with van der Waals surface area (Å²) in [4.78, 5) is 14.1. The van der Waals surface area contributed by atoms with Crippen molar-refractivity contribution in [2.45, 2.75) is 89.9 Å². The molecule has 2 fully saturated rings. The van der Waals surface area contributed by atoms with Crippen LogP contribution in [0.1, 0.15) is 66.2 Å². The molecule has 3 atom stereocenters. The maximum absolute atomic E-state index is 12.2. The zero-order valence-electron chi connectivity index (χ0n) is 15.4. The Morgan fingerprint density at radius 1 is 1.26 bits per heavy atom. The van der Waals surface area contributed by atoms with Crippen LogP contribution in [-0.2, 0) is 4.74 Å². The predicted molar refractivity (Wildman–Crippen MR) is 93.7 cm³/mol. The summed E-state index contributed by atoms with van der Waals surface area (Å²) in [6.45, 7) is 10.8. The van der Waals surface area contributed by atoms with Gasteiger partial charge in [-0.2, -0.15) is 0 Å². The molecule has 2 N–H and O–H groups in total. The van der Waals surface area contributed by atoms with E-state index >= 15 is 0 Å². The molecule has 0 radical (unpaired) electrons. The summed E-state index contributed by atoms with van der Waals surface area (Å²) in [6.07, 6.45) is 6.86. The normalized spacial score (nSPS) is 27.6. The SMILES string of the molecule is CC(CC1CCCN1)NC1CCCN(C(=O)OC(C)(C)C)CC1. The van der Waals surface area contributed by atoms with E-state index in [-0.39, 0.29) is 6.09 Å². The topological polar surface area (TPSA) is 53.6 Å². The van der Waals surface area contributed by atoms with E-state index in [1.54, 1.807) is 0 Å². The van der Waals surface area contributed by atoms with Gasteiger partial charge in [0, 0.05) is 31.2 Å². The van der Waals surface area contributed by atoms with Crippen molar-refractivity contribution in [1.29, 1.82) is 0 Å². The number of carbonyl (C=O) groups excluding carboxylic acids is 1. The van der Waals surface area contributed by atoms with Crippen molar-refractivity contribution in [2.24, 2.45) is 0 Å². The minimum atomic E-state index is -0.413. The van der Waals surface area contributed by atoms with Crippen molar-refractivity contribution in [3.63, 3.8) is 0 Å². The standard InChI is InChI=1S/C18H35N3O2/c1-14(13-16-7-5-10-19-16)20-15-8-6-11-21(12-9-15)17(22)23-18(2,3)4/h14-16,19-20H,5-13H2,1-4H3. The van der Waals surface area contributed by atoms with E-state index in [2.05, 4.69) is 17.6 Å². The first-order valence-electron chi connectivity index (χ1n) is 9.31. The van der Waals surface area contributed by atoms with Gasteiger partial charge in [0.1, 0.15) is 5.60 Å². The molecule has 0 aromatic heterocycles. The monoisotopic (exact) mass is 325 g/mol. The van der Waals surface area contributed by atoms with Gasteiger partial charge in [-0.25, -0.2) is 4.79 Å². The highest BCUT2D eigenvalue weighted by Crippen LogP contribution is 2.17. The second-order valence-electron chi connectivity index (χ2n) is 8.19. The molecule has 23 heavy (non-hydrogen) atoms. The van der Waals surface area contributed by atoms with Gasteiger partial charge >= 0.3 is 6.09 Å². The van der Waals surface area contributed by atoms with Crippen LogP contribution in [0.2, 0.25) is 0 Å². The van der Waals surface area contributed by atoms with Crippen molar-refractivity contribution in [2.75, 3.05) is 19.6 Å². The number of nitrogens with zero attached hydrogens (tertiary/aromatic N) is 1. The molecule has 0 aliphatic carbocycles. The molecule has 2 saturated heterocycles. The molecule has 3 unspecified atom stereocenters. The van der Waals surface area contributed by atoms with Crippen LogP contribution in [-0.4, -0.2) is 54.4 Å². The number of rotatable bonds is 4. The highest BCUT2D eigenvalue weighted by molar-refractivity contribution is 5.68. The molecule has 1 amide bonds. The second-order valence-corrected chi connectivity index (χ2v) is 8.19. The van der Waals surface area contributed by atoms with Gasteiger partial charge < -0.3 is 20.3 Å². The fourth-order valence-corrected chi connectivity index (χ4v) is 3.63. The largest absolute Gasteiger partial charge is 0.444 e. The number of carbonyl (C=O) groups is 1. The Kier molecular flexibility index (Phi) is 6.72. The Balaban J connectivity index is 1.73. The van der Waals surface area contributed by atoms with E-state index in [1.165, 1.54) is 25.8 Å². The fourth-order valence-electron chi connectivity index (χ4n) is 3.63. The van der Waals surface area contributed by atoms with Crippen LogP contribution in [0.25, 0.3) is 0 Å². The van der Waals surface area contributed by atoms with Crippen molar-refractivity contribution in [3.8, 4) is 0 Å². The van der Waals surface area contributed by atoms with Crippen LogP contribution < -0.4 is 10.6 Å². The van der Waals surface area contributed by atoms with Gasteiger partial charge in [-0.3, -0.25) is 0 Å². The van der Waals surface area contributed by atoms with Crippen molar-refractivity contribution >= 4 is 6.09 Å². The number of nitrogens with one attached hydrogen (secondary N) is 2. The summed E-state index contributed by atoms with van der Waals surface area (Å²) >= 11 is 0. The van der Waals surface area contributed by atoms with Crippen LogP contribution in [0.4, 0.5) is 4.79 Å². The number of hydrogen-bond acceptors (Lipinski definition) is 4. The lowest BCUT2D eigenvalue weighted by atomic mass is 10.0. The smallest absolute Gasteiger partial charge is 0.410 e. The zero-order valence-corrected chi connectivity index (χ0v) is 15.4. The summed E-state index contributed by atoms with van der Waals surface area (Å²) in [5, 5.41) is 7.35. The van der Waals surface area contributed by atoms with Crippen molar-refractivity contribution < 1.29 is 9.53 Å². The van der Waals surface area contributed by atoms with E-state index in [1.807, 2.05) is 25.7 Å². The van der Waals surface area contributed by atoms with E-state index in [9.17, 15) is 4.79 Å². The fraction of sp³-hybridized carbons (Fsp3) is 0.944. The molecular weight excluding hydrogens is 290 g/mol. The van der Waals surface area contributed by atoms with Crippen molar-refractivity contribution in [3.05, 3.63) is 0 Å². The molecule has 2 aliphatic rings. The summed E-state index contributed by atoms with van der Waals surface area (Å²) in [7, 11) is 0. The molecule has 2 heterocycles. The van der Waals surface area contributed by atoms with Gasteiger partial charge in [0.15, 0.2) is 0 Å². The van der Waals surface area contributed by atoms with Gasteiger partial charge in [0.25, 0.3) is 0 Å². The average molecular weight is 325 g/mol. The Hall–Kier alpha value is -0.810. The molecule has 0 aromatic rings. The molecular formula is C18H35N3O2. The van der Waals surface area contributed by atoms with Crippen LogP contribution in [0.5, 0.6) is 0 Å². The molecule has 5 heteroatoms. The number of likely N-dealkylation sites (tertiary alicyclic amines) is 1. The Morgan fingerprint density at radius 3 is 2.70 bits per heavy atom. The van der Waals surface area contributed by atoms with Gasteiger partial charge in [-0.05, 0) is 72.8 Å². The molecule has 0 spiro atoms. The van der Waals surface area contributed by atoms with E-state index < -0.39 is 5.60 Å². The highest BCUT2D eigenvalue weighted by atomic mass is 16.6. The van der Waals surface area contributed by atoms with Crippen LogP contribution in [0.15, 0.2) is 0 Å². The summed E-state index contributed by atoms with van der Waals surface area (Å²) in [5.74, 6) is 0. The molecule has 2 aliphatic heterocycles. The Labute approximate surface area is 141 Å². The number of hydrogen-bond donors (Lipinski definition) is 2. The number of amides is 1. The lowest BCUT2D eigenvalue weighted by molar-refractivity contribution is 0.0256. The van der Waals surface area contributed by atoms with Crippen LogP contribution in [0, 0.1) is 0 Å². The molecule has 134 valence electrons. The van der Waals surface area contributed by atoms with E-state index in [0.717, 1.165) is 32.4 Å². The lowest BCUT2D eigenvalue weighted by Crippen LogP contribution is -2.41. The third kappa shape index (κ3) is 6.68. The molecule has 5 nitrogen and oxygen atoms in total. The number of ether oxygens (including phenoxy) is 1. The zero-order chi connectivity index (χ0) is 16.9. The maximum atomic E-state index is 12.2. The third-order valence-corrected chi connectivity index (χ3v) is 4.70. The first kappa shape index (κ1) is 18.5. The van der Waals surface area contributed by atoms with Crippen molar-refractivity contribution in [1.82, 2.24) is 15.5 Å². The van der Waals surface area contributed by atoms with E-state index in [0.29, 0.717) is 18.1 Å². The van der Waals surface area contributed by atoms with Crippen LogP contribution in [0.3, 0.4) is 0 Å². The molecule has 0 saturated carbocycles. The Bertz CT molecular complexity index is 375. The first-order valence-corrected chi connectivity index (χ1v) is 9.31. The van der Waals surface area contributed by atoms with Gasteiger partial charge in [0.05, 0.1) is 0 Å². The molecule has 0 aromatic carbocycles. The second kappa shape index (κ2) is 8.34. The van der Waals surface area contributed by atoms with E-state index in [4.69, 9.17) is 4.74 Å². The van der Waals surface area contributed by atoms with Gasteiger partial charge in [-0.15, -0.1) is 0 Å². The van der Waals surface area contributed by atoms with Gasteiger partial charge in [0.2, 0.25) is 0 Å². The van der Waals surface area contributed by atoms with Crippen LogP contribution >= 0.6 is 0 Å².